The van der Waals surface area contributed by atoms with Crippen molar-refractivity contribution in [3.05, 3.63) is 29.6 Å². The van der Waals surface area contributed by atoms with Crippen LogP contribution in [-0.2, 0) is 4.79 Å². The Kier molecular flexibility index (Phi) is 3.62. The Morgan fingerprint density at radius 2 is 2.27 bits per heavy atom. The van der Waals surface area contributed by atoms with Crippen LogP contribution in [0.2, 0.25) is 0 Å². The van der Waals surface area contributed by atoms with Crippen LogP contribution in [0.25, 0.3) is 0 Å². The van der Waals surface area contributed by atoms with Gasteiger partial charge < -0.3 is 14.9 Å². The lowest BCUT2D eigenvalue weighted by atomic mass is 10.1. The highest BCUT2D eigenvalue weighted by Gasteiger charge is 2.14. The highest BCUT2D eigenvalue weighted by Crippen LogP contribution is 2.23. The minimum absolute atomic E-state index is 0.0567. The van der Waals surface area contributed by atoms with Crippen molar-refractivity contribution in [2.24, 2.45) is 0 Å². The maximum atomic E-state index is 13.2. The molecule has 1 atom stereocenters. The van der Waals surface area contributed by atoms with Gasteiger partial charge in [-0.2, -0.15) is 0 Å². The summed E-state index contributed by atoms with van der Waals surface area (Å²) in [5.41, 5.74) is 0.218. The van der Waals surface area contributed by atoms with Crippen molar-refractivity contribution in [2.45, 2.75) is 12.5 Å². The van der Waals surface area contributed by atoms with Crippen molar-refractivity contribution >= 4 is 5.97 Å². The third kappa shape index (κ3) is 2.92. The zero-order valence-corrected chi connectivity index (χ0v) is 8.11. The van der Waals surface area contributed by atoms with Crippen LogP contribution < -0.4 is 4.74 Å². The number of ether oxygens (including phenoxy) is 1. The summed E-state index contributed by atoms with van der Waals surface area (Å²) < 4.78 is 17.9. The average molecular weight is 214 g/mol. The number of carboxylic acid groups (broad SMARTS) is 1. The number of carbonyl (C=O) groups is 1. The molecule has 0 aromatic heterocycles. The highest BCUT2D eigenvalue weighted by atomic mass is 19.1. The molecular formula is C10H11FO4. The first-order valence-electron chi connectivity index (χ1n) is 4.28. The van der Waals surface area contributed by atoms with Crippen molar-refractivity contribution < 1.29 is 24.1 Å². The predicted molar refractivity (Wildman–Crippen MR) is 50.2 cm³/mol. The van der Waals surface area contributed by atoms with Crippen LogP contribution >= 0.6 is 0 Å². The van der Waals surface area contributed by atoms with Gasteiger partial charge in [-0.25, -0.2) is 4.39 Å². The van der Waals surface area contributed by atoms with Gasteiger partial charge in [-0.3, -0.25) is 4.79 Å². The van der Waals surface area contributed by atoms with E-state index in [0.717, 1.165) is 6.07 Å². The number of benzene rings is 1. The molecule has 0 saturated heterocycles. The largest absolute Gasteiger partial charge is 0.494 e. The van der Waals surface area contributed by atoms with Gasteiger partial charge in [-0.1, -0.05) is 6.07 Å². The fraction of sp³-hybridized carbons (Fsp3) is 0.300. The molecule has 0 aliphatic rings. The average Bonchev–Trinajstić information content (AvgIpc) is 2.16. The molecule has 2 N–H and O–H groups in total. The molecule has 15 heavy (non-hydrogen) atoms. The summed E-state index contributed by atoms with van der Waals surface area (Å²) in [6.07, 6.45) is -1.66. The molecule has 5 heteroatoms. The number of aliphatic hydroxyl groups excluding tert-OH is 1. The molecular weight excluding hydrogens is 203 g/mol. The van der Waals surface area contributed by atoms with E-state index >= 15 is 0 Å². The van der Waals surface area contributed by atoms with E-state index in [1.165, 1.54) is 19.2 Å². The van der Waals surface area contributed by atoms with E-state index in [1.807, 2.05) is 0 Å². The number of aliphatic carboxylic acids is 1. The standard InChI is InChI=1S/C10H11FO4/c1-15-9-3-2-6(4-7(9)11)8(12)5-10(13)14/h2-4,8,12H,5H2,1H3,(H,13,14)/t8-/m1/s1. The van der Waals surface area contributed by atoms with Gasteiger partial charge in [0.2, 0.25) is 0 Å². The zero-order valence-electron chi connectivity index (χ0n) is 8.11. The van der Waals surface area contributed by atoms with Gasteiger partial charge in [0, 0.05) is 0 Å². The normalized spacial score (nSPS) is 12.2. The number of hydrogen-bond donors (Lipinski definition) is 2. The molecule has 0 unspecified atom stereocenters. The maximum Gasteiger partial charge on any atom is 0.306 e. The molecule has 0 radical (unpaired) electrons. The first kappa shape index (κ1) is 11.5. The lowest BCUT2D eigenvalue weighted by Gasteiger charge is -2.09. The number of carboxylic acids is 1. The van der Waals surface area contributed by atoms with E-state index in [4.69, 9.17) is 5.11 Å². The molecule has 1 aromatic carbocycles. The number of methoxy groups -OCH3 is 1. The van der Waals surface area contributed by atoms with Crippen LogP contribution in [0.5, 0.6) is 5.75 Å². The summed E-state index contributed by atoms with van der Waals surface area (Å²) in [7, 11) is 1.33. The van der Waals surface area contributed by atoms with Crippen LogP contribution in [0.15, 0.2) is 18.2 Å². The second-order valence-corrected chi connectivity index (χ2v) is 3.01. The third-order valence-electron chi connectivity index (χ3n) is 1.93. The number of halogens is 1. The van der Waals surface area contributed by atoms with Gasteiger partial charge in [0.05, 0.1) is 19.6 Å². The number of hydrogen-bond acceptors (Lipinski definition) is 3. The molecule has 0 amide bonds. The molecule has 0 aliphatic heterocycles. The van der Waals surface area contributed by atoms with Crippen LogP contribution in [0.4, 0.5) is 4.39 Å². The fourth-order valence-electron chi connectivity index (χ4n) is 1.17. The van der Waals surface area contributed by atoms with E-state index in [0.29, 0.717) is 0 Å². The molecule has 0 bridgehead atoms. The van der Waals surface area contributed by atoms with E-state index in [2.05, 4.69) is 4.74 Å². The molecule has 4 nitrogen and oxygen atoms in total. The zero-order chi connectivity index (χ0) is 11.4. The number of aliphatic hydroxyl groups is 1. The Bertz CT molecular complexity index is 364. The maximum absolute atomic E-state index is 13.2. The molecule has 0 aliphatic carbocycles. The summed E-state index contributed by atoms with van der Waals surface area (Å²) in [6.45, 7) is 0. The molecule has 82 valence electrons. The Balaban J connectivity index is 2.87. The Morgan fingerprint density at radius 1 is 1.60 bits per heavy atom. The van der Waals surface area contributed by atoms with Crippen LogP contribution in [0, 0.1) is 5.82 Å². The van der Waals surface area contributed by atoms with Crippen molar-refractivity contribution in [1.29, 1.82) is 0 Å². The second-order valence-electron chi connectivity index (χ2n) is 3.01. The van der Waals surface area contributed by atoms with Crippen LogP contribution in [0.3, 0.4) is 0 Å². The molecule has 0 heterocycles. The molecule has 1 aromatic rings. The molecule has 0 spiro atoms. The van der Waals surface area contributed by atoms with Gasteiger partial charge in [0.25, 0.3) is 0 Å². The lowest BCUT2D eigenvalue weighted by molar-refractivity contribution is -0.139. The van der Waals surface area contributed by atoms with Gasteiger partial charge in [-0.05, 0) is 17.7 Å². The SMILES string of the molecule is COc1ccc([C@H](O)CC(=O)O)cc1F. The minimum Gasteiger partial charge on any atom is -0.494 e. The molecule has 1 rings (SSSR count). The second kappa shape index (κ2) is 4.75. The third-order valence-corrected chi connectivity index (χ3v) is 1.93. The summed E-state index contributed by atoms with van der Waals surface area (Å²) in [5.74, 6) is -1.71. The smallest absolute Gasteiger partial charge is 0.306 e. The first-order chi connectivity index (χ1) is 7.04. The fourth-order valence-corrected chi connectivity index (χ4v) is 1.17. The van der Waals surface area contributed by atoms with Gasteiger partial charge >= 0.3 is 5.97 Å². The Morgan fingerprint density at radius 3 is 2.73 bits per heavy atom. The topological polar surface area (TPSA) is 66.8 Å². The minimum atomic E-state index is -1.21. The predicted octanol–water partition coefficient (Wildman–Crippen LogP) is 1.34. The van der Waals surface area contributed by atoms with Crippen LogP contribution in [-0.4, -0.2) is 23.3 Å². The van der Waals surface area contributed by atoms with E-state index in [-0.39, 0.29) is 11.3 Å². The first-order valence-corrected chi connectivity index (χ1v) is 4.28. The molecule has 0 fully saturated rings. The van der Waals surface area contributed by atoms with Crippen molar-refractivity contribution in [1.82, 2.24) is 0 Å². The summed E-state index contributed by atoms with van der Waals surface area (Å²) in [6, 6.07) is 3.83. The van der Waals surface area contributed by atoms with Gasteiger partial charge in [-0.15, -0.1) is 0 Å². The van der Waals surface area contributed by atoms with Crippen LogP contribution in [0.1, 0.15) is 18.1 Å². The van der Waals surface area contributed by atoms with E-state index < -0.39 is 24.3 Å². The monoisotopic (exact) mass is 214 g/mol. The van der Waals surface area contributed by atoms with Crippen molar-refractivity contribution in [2.75, 3.05) is 7.11 Å². The Labute approximate surface area is 85.9 Å². The van der Waals surface area contributed by atoms with Gasteiger partial charge in [0.15, 0.2) is 11.6 Å². The number of rotatable bonds is 4. The van der Waals surface area contributed by atoms with E-state index in [1.54, 1.807) is 0 Å². The Hall–Kier alpha value is -1.62. The highest BCUT2D eigenvalue weighted by molar-refractivity contribution is 5.67. The van der Waals surface area contributed by atoms with Crippen molar-refractivity contribution in [3.63, 3.8) is 0 Å². The van der Waals surface area contributed by atoms with Gasteiger partial charge in [0.1, 0.15) is 0 Å². The lowest BCUT2D eigenvalue weighted by Crippen LogP contribution is -2.05. The molecule has 0 saturated carbocycles. The summed E-state index contributed by atoms with van der Waals surface area (Å²) in [4.78, 5) is 10.3. The van der Waals surface area contributed by atoms with E-state index in [9.17, 15) is 14.3 Å². The summed E-state index contributed by atoms with van der Waals surface area (Å²) >= 11 is 0. The van der Waals surface area contributed by atoms with Crippen molar-refractivity contribution in [3.8, 4) is 5.75 Å². The summed E-state index contributed by atoms with van der Waals surface area (Å²) in [5, 5.41) is 17.8. The quantitative estimate of drug-likeness (QED) is 0.793.